The smallest absolute Gasteiger partial charge is 0.0720 e. The van der Waals surface area contributed by atoms with Crippen molar-refractivity contribution in [3.63, 3.8) is 0 Å². The maximum atomic E-state index is 2.56. The molecule has 0 nitrogen and oxygen atoms in total. The summed E-state index contributed by atoms with van der Waals surface area (Å²) in [6.07, 6.45) is 6.14. The van der Waals surface area contributed by atoms with E-state index in [0.29, 0.717) is 7.47 Å². The van der Waals surface area contributed by atoms with Crippen LogP contribution in [-0.4, -0.2) is 32.4 Å². The average Bonchev–Trinajstić information content (AvgIpc) is 2.29. The molecule has 0 aromatic heterocycles. The fourth-order valence-electron chi connectivity index (χ4n) is 2.27. The van der Waals surface area contributed by atoms with Crippen LogP contribution in [0.4, 0.5) is 0 Å². The quantitative estimate of drug-likeness (QED) is 0.559. The van der Waals surface area contributed by atoms with Gasteiger partial charge in [-0.2, -0.15) is 0 Å². The molecule has 0 radical (unpaired) electrons. The van der Waals surface area contributed by atoms with E-state index in [0.717, 1.165) is 0 Å². The van der Waals surface area contributed by atoms with E-state index in [1.54, 1.807) is 17.6 Å². The lowest BCUT2D eigenvalue weighted by Crippen LogP contribution is -2.27. The fraction of sp³-hybridized carbons (Fsp3) is 0.538. The molecule has 1 aromatic carbocycles. The van der Waals surface area contributed by atoms with Gasteiger partial charge in [0, 0.05) is 0 Å². The Morgan fingerprint density at radius 2 is 1.44 bits per heavy atom. The van der Waals surface area contributed by atoms with Gasteiger partial charge in [0.25, 0.3) is 0 Å². The second-order valence-electron chi connectivity index (χ2n) is 5.48. The van der Waals surface area contributed by atoms with Gasteiger partial charge in [0.15, 0.2) is 0 Å². The Morgan fingerprint density at radius 3 is 1.94 bits per heavy atom. The standard InChI is InChI=1S/C13H22P2Si/c1-16(2,3)15-11-9-14(10-12-15)13-7-5-4-6-8-13/h4-8H,9-12H2,1-3H3. The summed E-state index contributed by atoms with van der Waals surface area (Å²) in [4.78, 5) is 0. The lowest BCUT2D eigenvalue weighted by Gasteiger charge is -2.36. The van der Waals surface area contributed by atoms with Crippen LogP contribution in [0.25, 0.3) is 0 Å². The Labute approximate surface area is 103 Å². The molecule has 1 heterocycles. The zero-order valence-corrected chi connectivity index (χ0v) is 13.4. The van der Waals surface area contributed by atoms with Crippen molar-refractivity contribution in [1.29, 1.82) is 0 Å². The molecule has 0 bridgehead atoms. The highest BCUT2D eigenvalue weighted by atomic mass is 31.4. The van der Waals surface area contributed by atoms with Crippen LogP contribution in [0.5, 0.6) is 0 Å². The number of hydrogen-bond donors (Lipinski definition) is 0. The van der Waals surface area contributed by atoms with Crippen molar-refractivity contribution in [3.05, 3.63) is 30.3 Å². The van der Waals surface area contributed by atoms with Crippen molar-refractivity contribution in [2.75, 3.05) is 24.6 Å². The third-order valence-corrected chi connectivity index (χ3v) is 17.1. The van der Waals surface area contributed by atoms with E-state index in [1.807, 2.05) is 0 Å². The van der Waals surface area contributed by atoms with Crippen LogP contribution >= 0.6 is 15.4 Å². The molecule has 88 valence electrons. The minimum atomic E-state index is -0.812. The zero-order valence-electron chi connectivity index (χ0n) is 10.6. The summed E-state index contributed by atoms with van der Waals surface area (Å²) in [5.41, 5.74) is 0. The molecule has 2 rings (SSSR count). The second kappa shape index (κ2) is 5.30. The second-order valence-corrected chi connectivity index (χ2v) is 20.2. The highest BCUT2D eigenvalue weighted by molar-refractivity contribution is 7.95. The Morgan fingerprint density at radius 1 is 0.875 bits per heavy atom. The van der Waals surface area contributed by atoms with Gasteiger partial charge in [0.1, 0.15) is 0 Å². The maximum Gasteiger partial charge on any atom is 0.0720 e. The Bertz CT molecular complexity index is 324. The SMILES string of the molecule is C[Si](C)(C)P1CCP(c2ccccc2)CC1. The molecule has 1 saturated heterocycles. The Hall–Kier alpha value is 0.297. The van der Waals surface area contributed by atoms with Crippen LogP contribution in [-0.2, 0) is 0 Å². The van der Waals surface area contributed by atoms with Gasteiger partial charge in [-0.1, -0.05) is 57.9 Å². The van der Waals surface area contributed by atoms with Gasteiger partial charge in [-0.25, -0.2) is 0 Å². The summed E-state index contributed by atoms with van der Waals surface area (Å²) < 4.78 is 0. The van der Waals surface area contributed by atoms with Crippen molar-refractivity contribution < 1.29 is 0 Å². The highest BCUT2D eigenvalue weighted by Gasteiger charge is 2.30. The molecule has 0 atom stereocenters. The van der Waals surface area contributed by atoms with Crippen molar-refractivity contribution >= 4 is 28.4 Å². The highest BCUT2D eigenvalue weighted by Crippen LogP contribution is 2.55. The molecule has 0 N–H and O–H groups in total. The molecular weight excluding hydrogens is 246 g/mol. The molecule has 0 amide bonds. The predicted octanol–water partition coefficient (Wildman–Crippen LogP) is 4.12. The van der Waals surface area contributed by atoms with Crippen molar-refractivity contribution in [3.8, 4) is 0 Å². The third kappa shape index (κ3) is 3.16. The topological polar surface area (TPSA) is 0 Å². The summed E-state index contributed by atoms with van der Waals surface area (Å²) in [5.74, 6) is 0. The monoisotopic (exact) mass is 268 g/mol. The van der Waals surface area contributed by atoms with Gasteiger partial charge in [0.05, 0.1) is 7.74 Å². The molecule has 1 fully saturated rings. The van der Waals surface area contributed by atoms with Crippen molar-refractivity contribution in [1.82, 2.24) is 0 Å². The van der Waals surface area contributed by atoms with Crippen molar-refractivity contribution in [2.45, 2.75) is 19.6 Å². The van der Waals surface area contributed by atoms with Crippen LogP contribution in [0.3, 0.4) is 0 Å². The lowest BCUT2D eigenvalue weighted by atomic mass is 10.4. The first-order chi connectivity index (χ1) is 7.57. The zero-order chi connectivity index (χ0) is 11.6. The first kappa shape index (κ1) is 12.7. The first-order valence-corrected chi connectivity index (χ1v) is 13.9. The summed E-state index contributed by atoms with van der Waals surface area (Å²) in [7, 11) is -0.189. The first-order valence-electron chi connectivity index (χ1n) is 6.12. The molecule has 1 aliphatic rings. The van der Waals surface area contributed by atoms with Crippen LogP contribution in [0.15, 0.2) is 30.3 Å². The van der Waals surface area contributed by atoms with Gasteiger partial charge in [-0.05, 0) is 30.0 Å². The van der Waals surface area contributed by atoms with E-state index in [4.69, 9.17) is 0 Å². The predicted molar refractivity (Wildman–Crippen MR) is 82.7 cm³/mol. The minimum Gasteiger partial charge on any atom is -0.118 e. The van der Waals surface area contributed by atoms with Crippen LogP contribution < -0.4 is 5.30 Å². The summed E-state index contributed by atoms with van der Waals surface area (Å²) in [5, 5.41) is 1.64. The fourth-order valence-corrected chi connectivity index (χ4v) is 14.9. The van der Waals surface area contributed by atoms with Crippen LogP contribution in [0.1, 0.15) is 0 Å². The summed E-state index contributed by atoms with van der Waals surface area (Å²) in [6.45, 7) is 7.69. The maximum absolute atomic E-state index is 2.56. The van der Waals surface area contributed by atoms with Gasteiger partial charge >= 0.3 is 0 Å². The van der Waals surface area contributed by atoms with E-state index in [-0.39, 0.29) is 7.92 Å². The summed E-state index contributed by atoms with van der Waals surface area (Å²) >= 11 is 0. The van der Waals surface area contributed by atoms with E-state index in [1.165, 1.54) is 12.3 Å². The molecule has 0 saturated carbocycles. The number of benzene rings is 1. The van der Waals surface area contributed by atoms with Crippen molar-refractivity contribution in [2.24, 2.45) is 0 Å². The van der Waals surface area contributed by atoms with E-state index in [2.05, 4.69) is 50.0 Å². The van der Waals surface area contributed by atoms with Gasteiger partial charge in [-0.3, -0.25) is 0 Å². The Kier molecular flexibility index (Phi) is 4.22. The largest absolute Gasteiger partial charge is 0.118 e. The molecule has 3 heteroatoms. The molecule has 16 heavy (non-hydrogen) atoms. The van der Waals surface area contributed by atoms with Crippen LogP contribution in [0.2, 0.25) is 19.6 Å². The molecule has 0 aliphatic carbocycles. The lowest BCUT2D eigenvalue weighted by molar-refractivity contribution is 1.36. The van der Waals surface area contributed by atoms with Gasteiger partial charge in [-0.15, -0.1) is 7.47 Å². The normalized spacial score (nSPS) is 26.7. The molecule has 1 aliphatic heterocycles. The van der Waals surface area contributed by atoms with E-state index in [9.17, 15) is 0 Å². The van der Waals surface area contributed by atoms with Gasteiger partial charge < -0.3 is 0 Å². The van der Waals surface area contributed by atoms with E-state index >= 15 is 0 Å². The van der Waals surface area contributed by atoms with Gasteiger partial charge in [0.2, 0.25) is 0 Å². The number of hydrogen-bond acceptors (Lipinski definition) is 0. The molecule has 1 aromatic rings. The molecule has 0 spiro atoms. The van der Waals surface area contributed by atoms with Crippen LogP contribution in [0, 0.1) is 0 Å². The molecule has 0 unspecified atom stereocenters. The Balaban J connectivity index is 1.96. The minimum absolute atomic E-state index is 0.198. The summed E-state index contributed by atoms with van der Waals surface area (Å²) in [6, 6.07) is 11.2. The third-order valence-electron chi connectivity index (χ3n) is 3.35. The molecular formula is C13H22P2Si. The average molecular weight is 268 g/mol. The van der Waals surface area contributed by atoms with E-state index < -0.39 is 7.74 Å². The number of rotatable bonds is 2.